The van der Waals surface area contributed by atoms with Crippen LogP contribution in [0, 0.1) is 0 Å². The van der Waals surface area contributed by atoms with Crippen LogP contribution in [-0.2, 0) is 10.3 Å². The summed E-state index contributed by atoms with van der Waals surface area (Å²) in [7, 11) is 0. The summed E-state index contributed by atoms with van der Waals surface area (Å²) in [5, 5.41) is 19.7. The Morgan fingerprint density at radius 1 is 0.741 bits per heavy atom. The van der Waals surface area contributed by atoms with Crippen molar-refractivity contribution >= 4 is 5.97 Å². The van der Waals surface area contributed by atoms with Gasteiger partial charge in [0.05, 0.1) is 5.56 Å². The van der Waals surface area contributed by atoms with E-state index in [2.05, 4.69) is 0 Å². The molecule has 0 aromatic heterocycles. The molecule has 0 fully saturated rings. The van der Waals surface area contributed by atoms with Crippen molar-refractivity contribution in [2.75, 3.05) is 0 Å². The maximum atomic E-state index is 12.5. The van der Waals surface area contributed by atoms with Gasteiger partial charge in [0.1, 0.15) is 23.0 Å². The molecule has 27 heavy (non-hydrogen) atoms. The molecule has 0 atom stereocenters. The molecular weight excluding hydrogens is 366 g/mol. The number of carbonyl (C=O) groups excluding carboxylic acids is 1. The molecule has 2 aliphatic heterocycles. The van der Waals surface area contributed by atoms with Gasteiger partial charge in [0, 0.05) is 28.8 Å². The third kappa shape index (κ3) is 2.81. The van der Waals surface area contributed by atoms with Crippen molar-refractivity contribution in [3.63, 3.8) is 0 Å². The van der Waals surface area contributed by atoms with Crippen LogP contribution in [0.2, 0.25) is 0 Å². The van der Waals surface area contributed by atoms with Gasteiger partial charge in [0.15, 0.2) is 5.60 Å². The number of benzene rings is 3. The van der Waals surface area contributed by atoms with Crippen LogP contribution >= 0.6 is 0 Å². The number of hydrogen-bond donors (Lipinski definition) is 2. The summed E-state index contributed by atoms with van der Waals surface area (Å²) in [6, 6.07) is 16.6. The van der Waals surface area contributed by atoms with Crippen LogP contribution in [0.1, 0.15) is 27.0 Å². The zero-order valence-corrected chi connectivity index (χ0v) is 18.9. The molecule has 0 saturated carbocycles. The molecule has 0 unspecified atom stereocenters. The molecule has 0 bridgehead atoms. The van der Waals surface area contributed by atoms with Gasteiger partial charge in [-0.3, -0.25) is 0 Å². The van der Waals surface area contributed by atoms with Crippen LogP contribution in [0.4, 0.5) is 0 Å². The van der Waals surface area contributed by atoms with Gasteiger partial charge in [-0.15, -0.1) is 0 Å². The number of phenolic OH excluding ortho intramolecular Hbond substituents is 2. The number of aromatic hydroxyl groups is 2. The van der Waals surface area contributed by atoms with Gasteiger partial charge in [-0.25, -0.2) is 4.79 Å². The number of fused-ring (bicyclic) bond motifs is 6. The first kappa shape index (κ1) is 20.3. The second-order valence-corrected chi connectivity index (χ2v) is 6.08. The summed E-state index contributed by atoms with van der Waals surface area (Å²) in [5.41, 5.74) is 1.28. The fraction of sp³-hybridized carbons (Fsp3) is 0.0500. The molecule has 5 rings (SSSR count). The van der Waals surface area contributed by atoms with E-state index >= 15 is 0 Å². The molecule has 7 heteroatoms. The van der Waals surface area contributed by atoms with E-state index < -0.39 is 11.6 Å². The zero-order chi connectivity index (χ0) is 17.2. The molecule has 122 valence electrons. The van der Waals surface area contributed by atoms with Gasteiger partial charge < -0.3 is 19.7 Å². The van der Waals surface area contributed by atoms with E-state index in [1.807, 2.05) is 12.1 Å². The molecule has 2 aliphatic rings. The van der Waals surface area contributed by atoms with Crippen molar-refractivity contribution in [1.82, 2.24) is 0 Å². The van der Waals surface area contributed by atoms with Crippen LogP contribution in [0.3, 0.4) is 0 Å². The summed E-state index contributed by atoms with van der Waals surface area (Å²) in [4.78, 5) is 12.5. The summed E-state index contributed by atoms with van der Waals surface area (Å²) in [5.74, 6) is 0.408. The van der Waals surface area contributed by atoms with Gasteiger partial charge in [-0.2, -0.15) is 0 Å². The third-order valence-corrected chi connectivity index (χ3v) is 4.68. The van der Waals surface area contributed by atoms with Crippen molar-refractivity contribution in [2.45, 2.75) is 5.60 Å². The molecule has 2 N–H and O–H groups in total. The van der Waals surface area contributed by atoms with E-state index in [9.17, 15) is 15.0 Å². The Balaban J connectivity index is 0.00000105. The Labute approximate surface area is 199 Å². The smallest absolute Gasteiger partial charge is 0.508 e. The largest absolute Gasteiger partial charge is 1.00 e. The van der Waals surface area contributed by atoms with Gasteiger partial charge in [-0.1, -0.05) is 18.2 Å². The van der Waals surface area contributed by atoms with Crippen LogP contribution in [-0.4, -0.2) is 16.2 Å². The van der Waals surface area contributed by atoms with Crippen molar-refractivity contribution in [1.29, 1.82) is 0 Å². The van der Waals surface area contributed by atoms with Gasteiger partial charge in [-0.05, 0) is 30.3 Å². The number of phenols is 2. The molecule has 0 radical (unpaired) electrons. The second kappa shape index (κ2) is 7.17. The number of ether oxygens (including phenoxy) is 2. The van der Waals surface area contributed by atoms with E-state index in [-0.39, 0.29) is 70.6 Å². The number of rotatable bonds is 0. The summed E-state index contributed by atoms with van der Waals surface area (Å²) in [6.07, 6.45) is 0. The minimum atomic E-state index is -1.17. The van der Waals surface area contributed by atoms with Crippen molar-refractivity contribution in [3.8, 4) is 23.0 Å². The SMILES string of the molecule is O=C1OC2(c3ccc(O)cc3Oc3cc(O)ccc32)c2ccccc21.[Na+].[Na+]. The topological polar surface area (TPSA) is 76.0 Å². The first-order chi connectivity index (χ1) is 12.1. The Kier molecular flexibility index (Phi) is 5.38. The summed E-state index contributed by atoms with van der Waals surface area (Å²) in [6.45, 7) is 0. The maximum Gasteiger partial charge on any atom is 1.00 e. The monoisotopic (exact) mass is 378 g/mol. The summed E-state index contributed by atoms with van der Waals surface area (Å²) >= 11 is 0. The first-order valence-electron chi connectivity index (χ1n) is 7.77. The van der Waals surface area contributed by atoms with Gasteiger partial charge in [0.25, 0.3) is 0 Å². The second-order valence-electron chi connectivity index (χ2n) is 6.08. The van der Waals surface area contributed by atoms with Gasteiger partial charge in [0.2, 0.25) is 0 Å². The number of carbonyl (C=O) groups is 1. The molecule has 2 heterocycles. The fourth-order valence-electron chi connectivity index (χ4n) is 3.65. The van der Waals surface area contributed by atoms with Crippen molar-refractivity contribution < 1.29 is 83.6 Å². The third-order valence-electron chi connectivity index (χ3n) is 4.68. The van der Waals surface area contributed by atoms with Crippen LogP contribution in [0.5, 0.6) is 23.0 Å². The molecular formula is C20H12Na2O5+2. The maximum absolute atomic E-state index is 12.5. The normalized spacial score (nSPS) is 14.6. The minimum Gasteiger partial charge on any atom is -0.508 e. The average Bonchev–Trinajstić information content (AvgIpc) is 2.88. The summed E-state index contributed by atoms with van der Waals surface area (Å²) < 4.78 is 11.8. The van der Waals surface area contributed by atoms with E-state index in [0.717, 1.165) is 0 Å². The van der Waals surface area contributed by atoms with E-state index in [1.54, 1.807) is 24.3 Å². The quantitative estimate of drug-likeness (QED) is 0.339. The van der Waals surface area contributed by atoms with Crippen LogP contribution in [0.15, 0.2) is 60.7 Å². The fourth-order valence-corrected chi connectivity index (χ4v) is 3.65. The van der Waals surface area contributed by atoms with Crippen LogP contribution < -0.4 is 63.9 Å². The molecule has 3 aromatic carbocycles. The van der Waals surface area contributed by atoms with E-state index in [0.29, 0.717) is 33.8 Å². The minimum absolute atomic E-state index is 0. The molecule has 3 aromatic rings. The van der Waals surface area contributed by atoms with Crippen molar-refractivity contribution in [2.24, 2.45) is 0 Å². The van der Waals surface area contributed by atoms with Crippen LogP contribution in [0.25, 0.3) is 0 Å². The average molecular weight is 378 g/mol. The molecule has 0 aliphatic carbocycles. The number of hydrogen-bond acceptors (Lipinski definition) is 5. The van der Waals surface area contributed by atoms with Gasteiger partial charge >= 0.3 is 65.1 Å². The standard InChI is InChI=1S/C20H12O5.2Na/c21-11-5-7-15-17(9-11)24-18-10-12(22)6-8-16(18)20(15)14-4-2-1-3-13(14)19(23)25-20;;/h1-10,21-22H;;/q;2*+1. The number of esters is 1. The Morgan fingerprint density at radius 3 is 1.89 bits per heavy atom. The Hall–Kier alpha value is -1.47. The van der Waals surface area contributed by atoms with E-state index in [1.165, 1.54) is 24.3 Å². The molecule has 5 nitrogen and oxygen atoms in total. The molecule has 0 saturated heterocycles. The Morgan fingerprint density at radius 2 is 1.30 bits per heavy atom. The van der Waals surface area contributed by atoms with E-state index in [4.69, 9.17) is 9.47 Å². The predicted molar refractivity (Wildman–Crippen MR) is 88.0 cm³/mol. The first-order valence-corrected chi connectivity index (χ1v) is 7.77. The molecule has 1 spiro atoms. The van der Waals surface area contributed by atoms with Crippen molar-refractivity contribution in [3.05, 3.63) is 82.9 Å². The zero-order valence-electron chi connectivity index (χ0n) is 14.9. The Bertz CT molecular complexity index is 1010. The molecule has 0 amide bonds. The predicted octanol–water partition coefficient (Wildman–Crippen LogP) is -2.33.